The Hall–Kier alpha value is -2.32. The number of aliphatic imine (C=N–C) groups is 2. The maximum Gasteiger partial charge on any atom is 0.448 e. The first-order valence-electron chi connectivity index (χ1n) is 7.76. The van der Waals surface area contributed by atoms with Crippen molar-refractivity contribution in [3.05, 3.63) is 0 Å². The van der Waals surface area contributed by atoms with Gasteiger partial charge < -0.3 is 9.47 Å². The van der Waals surface area contributed by atoms with Crippen LogP contribution in [-0.2, 0) is 9.47 Å². The van der Waals surface area contributed by atoms with Crippen LogP contribution in [0.5, 0.6) is 0 Å². The molecule has 0 spiro atoms. The zero-order chi connectivity index (χ0) is 17.1. The molecule has 1 heterocycles. The lowest BCUT2D eigenvalue weighted by atomic mass is 10.2. The third-order valence-electron chi connectivity index (χ3n) is 3.12. The van der Waals surface area contributed by atoms with E-state index in [4.69, 9.17) is 9.47 Å². The van der Waals surface area contributed by atoms with Crippen molar-refractivity contribution in [3.8, 4) is 0 Å². The number of carbonyl (C=O) groups excluding carboxylic acids is 2. The highest BCUT2D eigenvalue weighted by Crippen LogP contribution is 2.10. The second-order valence-corrected chi connectivity index (χ2v) is 4.79. The van der Waals surface area contributed by atoms with E-state index in [1.165, 1.54) is 24.8 Å². The van der Waals surface area contributed by atoms with Crippen LogP contribution in [0, 0.1) is 0 Å². The number of unbranched alkanes of at least 4 members (excludes halogenated alkanes) is 3. The van der Waals surface area contributed by atoms with Crippen LogP contribution in [-0.4, -0.2) is 66.9 Å². The number of carbonyl (C=O) groups is 2. The largest absolute Gasteiger partial charge is 0.450 e. The van der Waals surface area contributed by atoms with Crippen LogP contribution in [0.1, 0.15) is 39.5 Å². The molecule has 0 aliphatic carbocycles. The van der Waals surface area contributed by atoms with E-state index in [2.05, 4.69) is 16.9 Å². The third-order valence-corrected chi connectivity index (χ3v) is 3.12. The molecular formula is C14H25N5O4. The molecule has 130 valence electrons. The SMILES string of the molecule is CCCCCCOC(=O)N(CC)N(C(=O)OC)N1C=NC=NC1. The summed E-state index contributed by atoms with van der Waals surface area (Å²) in [6.45, 7) is 4.55. The lowest BCUT2D eigenvalue weighted by Gasteiger charge is -2.37. The smallest absolute Gasteiger partial charge is 0.448 e. The average molecular weight is 327 g/mol. The molecule has 0 atom stereocenters. The van der Waals surface area contributed by atoms with Gasteiger partial charge in [-0.25, -0.2) is 24.6 Å². The highest BCUT2D eigenvalue weighted by atomic mass is 16.6. The van der Waals surface area contributed by atoms with Crippen molar-refractivity contribution in [2.75, 3.05) is 26.9 Å². The molecule has 0 saturated carbocycles. The van der Waals surface area contributed by atoms with Gasteiger partial charge in [-0.05, 0) is 13.3 Å². The third kappa shape index (κ3) is 5.76. The number of rotatable bonds is 7. The molecule has 2 amide bonds. The van der Waals surface area contributed by atoms with Gasteiger partial charge in [0.15, 0.2) is 0 Å². The van der Waals surface area contributed by atoms with Crippen molar-refractivity contribution < 1.29 is 19.1 Å². The number of hydrogen-bond donors (Lipinski definition) is 0. The maximum atomic E-state index is 12.3. The van der Waals surface area contributed by atoms with E-state index in [0.717, 1.165) is 35.8 Å². The van der Waals surface area contributed by atoms with E-state index in [-0.39, 0.29) is 13.2 Å². The molecule has 9 nitrogen and oxygen atoms in total. The summed E-state index contributed by atoms with van der Waals surface area (Å²) in [4.78, 5) is 32.1. The molecule has 0 fully saturated rings. The van der Waals surface area contributed by atoms with E-state index in [0.29, 0.717) is 6.61 Å². The van der Waals surface area contributed by atoms with Crippen molar-refractivity contribution in [1.29, 1.82) is 0 Å². The summed E-state index contributed by atoms with van der Waals surface area (Å²) in [5.74, 6) is 0. The summed E-state index contributed by atoms with van der Waals surface area (Å²) < 4.78 is 9.97. The first-order chi connectivity index (χ1) is 11.2. The number of amides is 2. The summed E-state index contributed by atoms with van der Waals surface area (Å²) in [5, 5.41) is 3.56. The predicted octanol–water partition coefficient (Wildman–Crippen LogP) is 2.25. The van der Waals surface area contributed by atoms with Crippen LogP contribution in [0.2, 0.25) is 0 Å². The topological polar surface area (TPSA) is 87.0 Å². The summed E-state index contributed by atoms with van der Waals surface area (Å²) in [7, 11) is 1.24. The van der Waals surface area contributed by atoms with Gasteiger partial charge in [-0.3, -0.25) is 0 Å². The van der Waals surface area contributed by atoms with Gasteiger partial charge in [-0.2, -0.15) is 5.01 Å². The van der Waals surface area contributed by atoms with E-state index >= 15 is 0 Å². The van der Waals surface area contributed by atoms with Crippen LogP contribution in [0.15, 0.2) is 9.98 Å². The van der Waals surface area contributed by atoms with Crippen molar-refractivity contribution in [2.24, 2.45) is 9.98 Å². The Kier molecular flexibility index (Phi) is 8.48. The number of nitrogens with zero attached hydrogens (tertiary/aromatic N) is 5. The van der Waals surface area contributed by atoms with Crippen LogP contribution in [0.3, 0.4) is 0 Å². The van der Waals surface area contributed by atoms with Gasteiger partial charge in [-0.15, -0.1) is 5.12 Å². The zero-order valence-electron chi connectivity index (χ0n) is 14.0. The number of hydrazine groups is 2. The standard InChI is InChI=1S/C14H25N5O4/c1-4-6-7-8-9-23-13(20)18(5-2)19(14(21)22-3)17-11-15-10-16-12-17/h10-11H,4-9,12H2,1-3H3. The molecule has 1 aliphatic rings. The fourth-order valence-electron chi connectivity index (χ4n) is 1.95. The van der Waals surface area contributed by atoms with Gasteiger partial charge in [0.1, 0.15) is 19.3 Å². The van der Waals surface area contributed by atoms with E-state index in [1.807, 2.05) is 0 Å². The highest BCUT2D eigenvalue weighted by Gasteiger charge is 2.31. The summed E-state index contributed by atoms with van der Waals surface area (Å²) >= 11 is 0. The number of methoxy groups -OCH3 is 1. The van der Waals surface area contributed by atoms with Crippen molar-refractivity contribution >= 4 is 24.9 Å². The Labute approximate surface area is 136 Å². The quantitative estimate of drug-likeness (QED) is 0.529. The van der Waals surface area contributed by atoms with Crippen molar-refractivity contribution in [3.63, 3.8) is 0 Å². The molecule has 0 bridgehead atoms. The van der Waals surface area contributed by atoms with Gasteiger partial charge in [0.2, 0.25) is 0 Å². The molecule has 1 rings (SSSR count). The first-order valence-corrected chi connectivity index (χ1v) is 7.76. The number of ether oxygens (including phenoxy) is 2. The average Bonchev–Trinajstić information content (AvgIpc) is 2.59. The van der Waals surface area contributed by atoms with Crippen LogP contribution < -0.4 is 0 Å². The minimum atomic E-state index is -0.724. The Morgan fingerprint density at radius 1 is 1.22 bits per heavy atom. The first kappa shape index (κ1) is 18.7. The summed E-state index contributed by atoms with van der Waals surface area (Å²) in [5.41, 5.74) is 0. The van der Waals surface area contributed by atoms with Gasteiger partial charge in [0.05, 0.1) is 13.7 Å². The number of hydrogen-bond acceptors (Lipinski definition) is 7. The van der Waals surface area contributed by atoms with Gasteiger partial charge in [-0.1, -0.05) is 26.2 Å². The molecule has 0 aromatic heterocycles. The Balaban J connectivity index is 2.68. The lowest BCUT2D eigenvalue weighted by Crippen LogP contribution is -2.58. The second kappa shape index (κ2) is 10.4. The predicted molar refractivity (Wildman–Crippen MR) is 85.8 cm³/mol. The maximum absolute atomic E-state index is 12.3. The molecule has 0 aromatic rings. The van der Waals surface area contributed by atoms with E-state index in [1.54, 1.807) is 6.92 Å². The molecule has 0 unspecified atom stereocenters. The molecule has 1 aliphatic heterocycles. The van der Waals surface area contributed by atoms with E-state index in [9.17, 15) is 9.59 Å². The monoisotopic (exact) mass is 327 g/mol. The van der Waals surface area contributed by atoms with Gasteiger partial charge in [0, 0.05) is 6.54 Å². The molecule has 0 saturated heterocycles. The van der Waals surface area contributed by atoms with Gasteiger partial charge in [0.25, 0.3) is 0 Å². The second-order valence-electron chi connectivity index (χ2n) is 4.79. The van der Waals surface area contributed by atoms with E-state index < -0.39 is 12.2 Å². The minimum Gasteiger partial charge on any atom is -0.450 e. The Morgan fingerprint density at radius 3 is 2.57 bits per heavy atom. The normalized spacial score (nSPS) is 12.9. The highest BCUT2D eigenvalue weighted by molar-refractivity contribution is 5.78. The molecule has 0 radical (unpaired) electrons. The van der Waals surface area contributed by atoms with Crippen molar-refractivity contribution in [2.45, 2.75) is 39.5 Å². The fraction of sp³-hybridized carbons (Fsp3) is 0.714. The van der Waals surface area contributed by atoms with Crippen LogP contribution >= 0.6 is 0 Å². The molecule has 23 heavy (non-hydrogen) atoms. The summed E-state index contributed by atoms with van der Waals surface area (Å²) in [6, 6.07) is 0. The Bertz CT molecular complexity index is 441. The minimum absolute atomic E-state index is 0.152. The zero-order valence-corrected chi connectivity index (χ0v) is 14.0. The summed E-state index contributed by atoms with van der Waals surface area (Å²) in [6.07, 6.45) is 5.44. The fourth-order valence-corrected chi connectivity index (χ4v) is 1.95. The molecule has 0 N–H and O–H groups in total. The van der Waals surface area contributed by atoms with Crippen LogP contribution in [0.4, 0.5) is 9.59 Å². The molecular weight excluding hydrogens is 302 g/mol. The Morgan fingerprint density at radius 2 is 2.00 bits per heavy atom. The van der Waals surface area contributed by atoms with Crippen molar-refractivity contribution in [1.82, 2.24) is 15.1 Å². The molecule has 0 aromatic carbocycles. The van der Waals surface area contributed by atoms with Gasteiger partial charge >= 0.3 is 12.2 Å². The van der Waals surface area contributed by atoms with Crippen LogP contribution in [0.25, 0.3) is 0 Å². The lowest BCUT2D eigenvalue weighted by molar-refractivity contribution is -0.103. The molecule has 9 heteroatoms.